The van der Waals surface area contributed by atoms with Gasteiger partial charge in [-0.25, -0.2) is 9.18 Å². The van der Waals surface area contributed by atoms with Gasteiger partial charge in [-0.05, 0) is 35.9 Å². The van der Waals surface area contributed by atoms with Crippen LogP contribution in [0.25, 0.3) is 6.08 Å². The molecule has 0 N–H and O–H groups in total. The summed E-state index contributed by atoms with van der Waals surface area (Å²) in [5.74, 6) is -0.336. The van der Waals surface area contributed by atoms with Gasteiger partial charge in [-0.1, -0.05) is 23.7 Å². The summed E-state index contributed by atoms with van der Waals surface area (Å²) in [4.78, 5) is 11.8. The van der Waals surface area contributed by atoms with Crippen LogP contribution in [0.1, 0.15) is 11.1 Å². The molecule has 0 saturated heterocycles. The van der Waals surface area contributed by atoms with Gasteiger partial charge in [-0.15, -0.1) is 0 Å². The largest absolute Gasteiger partial charge is 0.493 e. The van der Waals surface area contributed by atoms with E-state index in [2.05, 4.69) is 0 Å². The highest BCUT2D eigenvalue weighted by atomic mass is 35.5. The Morgan fingerprint density at radius 1 is 1.31 bits per heavy atom. The van der Waals surface area contributed by atoms with Crippen LogP contribution in [0.15, 0.2) is 42.5 Å². The second kappa shape index (κ2) is 9.44. The van der Waals surface area contributed by atoms with Crippen LogP contribution in [0.5, 0.6) is 11.5 Å². The van der Waals surface area contributed by atoms with Crippen molar-refractivity contribution < 1.29 is 23.4 Å². The third-order valence-corrected chi connectivity index (χ3v) is 3.67. The Bertz CT molecular complexity index is 841. The monoisotopic (exact) mass is 375 g/mol. The van der Waals surface area contributed by atoms with Gasteiger partial charge in [0.2, 0.25) is 0 Å². The van der Waals surface area contributed by atoms with E-state index in [0.717, 1.165) is 0 Å². The van der Waals surface area contributed by atoms with Crippen molar-refractivity contribution in [2.24, 2.45) is 0 Å². The molecule has 0 radical (unpaired) electrons. The smallest absolute Gasteiger partial charge is 0.331 e. The molecule has 134 valence electrons. The first kappa shape index (κ1) is 19.3. The number of halogens is 2. The van der Waals surface area contributed by atoms with E-state index in [1.54, 1.807) is 18.2 Å². The molecule has 5 nitrogen and oxygen atoms in total. The molecule has 26 heavy (non-hydrogen) atoms. The first-order valence-corrected chi connectivity index (χ1v) is 7.88. The SMILES string of the molecule is COc1cc(/C=C/C(=O)OCc2c(F)cccc2Cl)ccc1OCC#N. The van der Waals surface area contributed by atoms with E-state index >= 15 is 0 Å². The van der Waals surface area contributed by atoms with Crippen molar-refractivity contribution in [3.8, 4) is 17.6 Å². The van der Waals surface area contributed by atoms with E-state index in [0.29, 0.717) is 17.1 Å². The van der Waals surface area contributed by atoms with Gasteiger partial charge >= 0.3 is 5.97 Å². The van der Waals surface area contributed by atoms with Crippen LogP contribution in [0.2, 0.25) is 5.02 Å². The fourth-order valence-electron chi connectivity index (χ4n) is 2.04. The number of ether oxygens (including phenoxy) is 3. The molecule has 2 rings (SSSR count). The van der Waals surface area contributed by atoms with Crippen molar-refractivity contribution >= 4 is 23.6 Å². The Labute approximate surface area is 155 Å². The minimum atomic E-state index is -0.645. The molecule has 0 fully saturated rings. The summed E-state index contributed by atoms with van der Waals surface area (Å²) in [6.07, 6.45) is 2.72. The van der Waals surface area contributed by atoms with Gasteiger partial charge in [0.1, 0.15) is 18.5 Å². The highest BCUT2D eigenvalue weighted by molar-refractivity contribution is 6.31. The molecule has 0 aliphatic heterocycles. The zero-order valence-corrected chi connectivity index (χ0v) is 14.6. The summed E-state index contributed by atoms with van der Waals surface area (Å²) < 4.78 is 29.0. The summed E-state index contributed by atoms with van der Waals surface area (Å²) >= 11 is 5.88. The molecule has 2 aromatic rings. The van der Waals surface area contributed by atoms with Crippen molar-refractivity contribution in [3.63, 3.8) is 0 Å². The van der Waals surface area contributed by atoms with Crippen LogP contribution in [-0.4, -0.2) is 19.7 Å². The first-order valence-electron chi connectivity index (χ1n) is 7.50. The Hall–Kier alpha value is -3.04. The minimum absolute atomic E-state index is 0.101. The van der Waals surface area contributed by atoms with Gasteiger partial charge in [0.25, 0.3) is 0 Å². The lowest BCUT2D eigenvalue weighted by atomic mass is 10.2. The van der Waals surface area contributed by atoms with Crippen LogP contribution in [-0.2, 0) is 16.1 Å². The molecular formula is C19H15ClFNO4. The lowest BCUT2D eigenvalue weighted by molar-refractivity contribution is -0.138. The van der Waals surface area contributed by atoms with Gasteiger partial charge in [0, 0.05) is 11.6 Å². The zero-order chi connectivity index (χ0) is 18.9. The predicted molar refractivity (Wildman–Crippen MR) is 94.3 cm³/mol. The zero-order valence-electron chi connectivity index (χ0n) is 13.9. The summed E-state index contributed by atoms with van der Waals surface area (Å²) in [6.45, 7) is -0.366. The van der Waals surface area contributed by atoms with Gasteiger partial charge in [0.15, 0.2) is 18.1 Å². The second-order valence-electron chi connectivity index (χ2n) is 5.00. The van der Waals surface area contributed by atoms with E-state index < -0.39 is 11.8 Å². The van der Waals surface area contributed by atoms with E-state index in [1.807, 2.05) is 6.07 Å². The predicted octanol–water partition coefficient (Wildman–Crippen LogP) is 4.15. The molecule has 0 saturated carbocycles. The Morgan fingerprint density at radius 3 is 2.81 bits per heavy atom. The second-order valence-corrected chi connectivity index (χ2v) is 5.41. The third kappa shape index (κ3) is 5.23. The van der Waals surface area contributed by atoms with Gasteiger partial charge in [0.05, 0.1) is 12.1 Å². The third-order valence-electron chi connectivity index (χ3n) is 3.31. The Balaban J connectivity index is 2.00. The van der Waals surface area contributed by atoms with Crippen LogP contribution in [0.3, 0.4) is 0 Å². The number of benzene rings is 2. The average Bonchev–Trinajstić information content (AvgIpc) is 2.64. The highest BCUT2D eigenvalue weighted by Crippen LogP contribution is 2.28. The number of rotatable bonds is 7. The fourth-order valence-corrected chi connectivity index (χ4v) is 2.26. The van der Waals surface area contributed by atoms with E-state index in [1.165, 1.54) is 37.5 Å². The molecule has 0 heterocycles. The maximum absolute atomic E-state index is 13.6. The molecule has 2 aromatic carbocycles. The highest BCUT2D eigenvalue weighted by Gasteiger charge is 2.09. The summed E-state index contributed by atoms with van der Waals surface area (Å²) in [5.41, 5.74) is 0.781. The number of carbonyl (C=O) groups excluding carboxylic acids is 1. The standard InChI is InChI=1S/C19H15ClFNO4/c1-24-18-11-13(5-7-17(18)25-10-9-22)6-8-19(23)26-12-14-15(20)3-2-4-16(14)21/h2-8,11H,10,12H2,1H3/b8-6+. The van der Waals surface area contributed by atoms with Crippen molar-refractivity contribution in [2.75, 3.05) is 13.7 Å². The lowest BCUT2D eigenvalue weighted by Crippen LogP contribution is -2.03. The molecule has 7 heteroatoms. The number of carbonyl (C=O) groups is 1. The van der Waals surface area contributed by atoms with E-state index in [4.69, 9.17) is 31.1 Å². The lowest BCUT2D eigenvalue weighted by Gasteiger charge is -2.09. The Morgan fingerprint density at radius 2 is 2.12 bits per heavy atom. The van der Waals surface area contributed by atoms with Crippen LogP contribution < -0.4 is 9.47 Å². The molecule has 0 aromatic heterocycles. The van der Waals surface area contributed by atoms with Gasteiger partial charge < -0.3 is 14.2 Å². The number of esters is 1. The topological polar surface area (TPSA) is 68.6 Å². The maximum Gasteiger partial charge on any atom is 0.331 e. The van der Waals surface area contributed by atoms with Crippen LogP contribution in [0.4, 0.5) is 4.39 Å². The molecule has 0 bridgehead atoms. The van der Waals surface area contributed by atoms with Crippen molar-refractivity contribution in [1.29, 1.82) is 5.26 Å². The molecule has 0 spiro atoms. The molecular weight excluding hydrogens is 361 g/mol. The summed E-state index contributed by atoms with van der Waals surface area (Å²) in [6, 6.07) is 11.1. The van der Waals surface area contributed by atoms with Gasteiger partial charge in [-0.3, -0.25) is 0 Å². The average molecular weight is 376 g/mol. The fraction of sp³-hybridized carbons (Fsp3) is 0.158. The number of hydrogen-bond acceptors (Lipinski definition) is 5. The molecule has 0 amide bonds. The molecule has 0 aliphatic rings. The summed E-state index contributed by atoms with van der Waals surface area (Å²) in [7, 11) is 1.47. The van der Waals surface area contributed by atoms with Crippen molar-refractivity contribution in [2.45, 2.75) is 6.61 Å². The van der Waals surface area contributed by atoms with Crippen molar-refractivity contribution in [1.82, 2.24) is 0 Å². The van der Waals surface area contributed by atoms with Crippen LogP contribution >= 0.6 is 11.6 Å². The Kier molecular flexibility index (Phi) is 7.01. The number of nitrogens with zero attached hydrogens (tertiary/aromatic N) is 1. The van der Waals surface area contributed by atoms with Crippen LogP contribution in [0, 0.1) is 17.1 Å². The molecule has 0 unspecified atom stereocenters. The van der Waals surface area contributed by atoms with E-state index in [9.17, 15) is 9.18 Å². The first-order chi connectivity index (χ1) is 12.5. The van der Waals surface area contributed by atoms with Gasteiger partial charge in [-0.2, -0.15) is 5.26 Å². The number of methoxy groups -OCH3 is 1. The quantitative estimate of drug-likeness (QED) is 0.537. The molecule has 0 atom stereocenters. The maximum atomic E-state index is 13.6. The van der Waals surface area contributed by atoms with Crippen molar-refractivity contribution in [3.05, 3.63) is 64.4 Å². The molecule has 0 aliphatic carbocycles. The number of nitriles is 1. The normalized spacial score (nSPS) is 10.4. The number of hydrogen-bond donors (Lipinski definition) is 0. The van der Waals surface area contributed by atoms with E-state index in [-0.39, 0.29) is 23.8 Å². The summed E-state index contributed by atoms with van der Waals surface area (Å²) in [5, 5.41) is 8.74. The minimum Gasteiger partial charge on any atom is -0.493 e.